The number of hydrogen-bond acceptors (Lipinski definition) is 5. The molecule has 2 rings (SSSR count). The number of nitrogen functional groups attached to an aromatic ring is 1. The van der Waals surface area contributed by atoms with E-state index in [0.29, 0.717) is 11.4 Å². The fourth-order valence-electron chi connectivity index (χ4n) is 1.89. The van der Waals surface area contributed by atoms with E-state index in [1.165, 1.54) is 43.3 Å². The molecule has 7 heteroatoms. The Morgan fingerprint density at radius 3 is 2.33 bits per heavy atom. The first-order chi connectivity index (χ1) is 11.4. The van der Waals surface area contributed by atoms with Crippen LogP contribution < -0.4 is 11.1 Å². The number of aromatic carboxylic acids is 1. The average molecular weight is 328 g/mol. The van der Waals surface area contributed by atoms with Gasteiger partial charge >= 0.3 is 11.9 Å². The molecule has 0 spiro atoms. The maximum atomic E-state index is 12.0. The second-order valence-electron chi connectivity index (χ2n) is 5.04. The second kappa shape index (κ2) is 7.28. The number of carbonyl (C=O) groups excluding carboxylic acids is 2. The Hall–Kier alpha value is -3.35. The first-order valence-corrected chi connectivity index (χ1v) is 7.07. The van der Waals surface area contributed by atoms with E-state index in [1.54, 1.807) is 12.1 Å². The van der Waals surface area contributed by atoms with Crippen molar-refractivity contribution in [1.82, 2.24) is 0 Å². The van der Waals surface area contributed by atoms with E-state index >= 15 is 0 Å². The topological polar surface area (TPSA) is 119 Å². The van der Waals surface area contributed by atoms with E-state index in [0.717, 1.165) is 0 Å². The summed E-state index contributed by atoms with van der Waals surface area (Å²) < 4.78 is 5.09. The number of ether oxygens (including phenoxy) is 1. The van der Waals surface area contributed by atoms with Gasteiger partial charge < -0.3 is 20.9 Å². The van der Waals surface area contributed by atoms with Crippen LogP contribution in [0.4, 0.5) is 11.4 Å². The van der Waals surface area contributed by atoms with Gasteiger partial charge in [-0.25, -0.2) is 9.59 Å². The van der Waals surface area contributed by atoms with Crippen LogP contribution in [-0.2, 0) is 9.53 Å². The van der Waals surface area contributed by atoms with Gasteiger partial charge in [-0.1, -0.05) is 6.07 Å². The van der Waals surface area contributed by atoms with Gasteiger partial charge in [0.25, 0.3) is 5.91 Å². The van der Waals surface area contributed by atoms with Gasteiger partial charge in [0.2, 0.25) is 0 Å². The lowest BCUT2D eigenvalue weighted by atomic mass is 10.2. The maximum Gasteiger partial charge on any atom is 0.338 e. The molecule has 0 aliphatic heterocycles. The van der Waals surface area contributed by atoms with Crippen LogP contribution in [0.2, 0.25) is 0 Å². The molecule has 0 fully saturated rings. The van der Waals surface area contributed by atoms with Crippen LogP contribution in [0.25, 0.3) is 0 Å². The second-order valence-corrected chi connectivity index (χ2v) is 5.04. The summed E-state index contributed by atoms with van der Waals surface area (Å²) in [5.41, 5.74) is 6.77. The summed E-state index contributed by atoms with van der Waals surface area (Å²) in [5.74, 6) is -2.25. The Kier molecular flexibility index (Phi) is 5.16. The highest BCUT2D eigenvalue weighted by Gasteiger charge is 2.19. The molecule has 0 heterocycles. The van der Waals surface area contributed by atoms with Crippen molar-refractivity contribution in [2.75, 3.05) is 11.1 Å². The minimum atomic E-state index is -1.06. The van der Waals surface area contributed by atoms with Gasteiger partial charge in [-0.2, -0.15) is 0 Å². The van der Waals surface area contributed by atoms with Crippen LogP contribution in [0.15, 0.2) is 48.5 Å². The van der Waals surface area contributed by atoms with Crippen molar-refractivity contribution in [2.45, 2.75) is 13.0 Å². The van der Waals surface area contributed by atoms with Crippen molar-refractivity contribution >= 4 is 29.2 Å². The SMILES string of the molecule is CC(OC(=O)c1cccc(N)c1)C(=O)Nc1ccc(C(=O)O)cc1. The van der Waals surface area contributed by atoms with Gasteiger partial charge in [0.05, 0.1) is 11.1 Å². The third-order valence-electron chi connectivity index (χ3n) is 3.17. The van der Waals surface area contributed by atoms with Gasteiger partial charge in [0, 0.05) is 11.4 Å². The third-order valence-corrected chi connectivity index (χ3v) is 3.17. The van der Waals surface area contributed by atoms with Crippen molar-refractivity contribution in [3.05, 3.63) is 59.7 Å². The molecular weight excluding hydrogens is 312 g/mol. The lowest BCUT2D eigenvalue weighted by Crippen LogP contribution is -2.30. The van der Waals surface area contributed by atoms with E-state index in [9.17, 15) is 14.4 Å². The van der Waals surface area contributed by atoms with E-state index in [2.05, 4.69) is 5.32 Å². The zero-order valence-corrected chi connectivity index (χ0v) is 12.9. The van der Waals surface area contributed by atoms with Crippen molar-refractivity contribution < 1.29 is 24.2 Å². The standard InChI is InChI=1S/C17H16N2O5/c1-10(24-17(23)12-3-2-4-13(18)9-12)15(20)19-14-7-5-11(6-8-14)16(21)22/h2-10H,18H2,1H3,(H,19,20)(H,21,22). The van der Waals surface area contributed by atoms with Crippen LogP contribution in [-0.4, -0.2) is 29.1 Å². The van der Waals surface area contributed by atoms with Crippen LogP contribution in [0.1, 0.15) is 27.6 Å². The Morgan fingerprint density at radius 1 is 1.08 bits per heavy atom. The summed E-state index contributed by atoms with van der Waals surface area (Å²) in [6.07, 6.45) is -1.03. The number of esters is 1. The summed E-state index contributed by atoms with van der Waals surface area (Å²) in [7, 11) is 0. The lowest BCUT2D eigenvalue weighted by molar-refractivity contribution is -0.123. The zero-order valence-electron chi connectivity index (χ0n) is 12.9. The monoisotopic (exact) mass is 328 g/mol. The summed E-state index contributed by atoms with van der Waals surface area (Å²) in [6.45, 7) is 1.44. The van der Waals surface area contributed by atoms with Gasteiger partial charge in [-0.3, -0.25) is 4.79 Å². The molecule has 1 atom stereocenters. The van der Waals surface area contributed by atoms with Gasteiger partial charge in [-0.05, 0) is 49.4 Å². The number of rotatable bonds is 5. The Bertz CT molecular complexity index is 771. The van der Waals surface area contributed by atoms with Crippen molar-refractivity contribution in [3.63, 3.8) is 0 Å². The number of carbonyl (C=O) groups is 3. The fourth-order valence-corrected chi connectivity index (χ4v) is 1.89. The molecule has 0 aliphatic rings. The highest BCUT2D eigenvalue weighted by atomic mass is 16.5. The van der Waals surface area contributed by atoms with Gasteiger partial charge in [-0.15, -0.1) is 0 Å². The first-order valence-electron chi connectivity index (χ1n) is 7.07. The molecule has 0 aliphatic carbocycles. The van der Waals surface area contributed by atoms with Crippen LogP contribution in [0.5, 0.6) is 0 Å². The summed E-state index contributed by atoms with van der Waals surface area (Å²) in [5, 5.41) is 11.4. The predicted octanol–water partition coefficient (Wildman–Crippen LogP) is 2.15. The fraction of sp³-hybridized carbons (Fsp3) is 0.118. The minimum absolute atomic E-state index is 0.106. The highest BCUT2D eigenvalue weighted by Crippen LogP contribution is 2.12. The molecule has 0 aromatic heterocycles. The molecule has 0 saturated carbocycles. The summed E-state index contributed by atoms with van der Waals surface area (Å²) >= 11 is 0. The number of nitrogens with one attached hydrogen (secondary N) is 1. The molecule has 2 aromatic carbocycles. The maximum absolute atomic E-state index is 12.0. The predicted molar refractivity (Wildman–Crippen MR) is 87.8 cm³/mol. The number of carboxylic acids is 1. The minimum Gasteiger partial charge on any atom is -0.478 e. The molecule has 1 unspecified atom stereocenters. The largest absolute Gasteiger partial charge is 0.478 e. The smallest absolute Gasteiger partial charge is 0.338 e. The van der Waals surface area contributed by atoms with Crippen LogP contribution in [0, 0.1) is 0 Å². The lowest BCUT2D eigenvalue weighted by Gasteiger charge is -2.14. The number of nitrogens with two attached hydrogens (primary N) is 1. The highest BCUT2D eigenvalue weighted by molar-refractivity contribution is 5.98. The Labute approximate surface area is 138 Å². The molecule has 0 bridgehead atoms. The number of carboxylic acid groups (broad SMARTS) is 1. The summed E-state index contributed by atoms with van der Waals surface area (Å²) in [6, 6.07) is 11.9. The quantitative estimate of drug-likeness (QED) is 0.571. The molecular formula is C17H16N2O5. The normalized spacial score (nSPS) is 11.4. The van der Waals surface area contributed by atoms with E-state index in [1.807, 2.05) is 0 Å². The molecule has 0 saturated heterocycles. The van der Waals surface area contributed by atoms with Crippen molar-refractivity contribution in [2.24, 2.45) is 0 Å². The molecule has 24 heavy (non-hydrogen) atoms. The van der Waals surface area contributed by atoms with Gasteiger partial charge in [0.1, 0.15) is 0 Å². The molecule has 4 N–H and O–H groups in total. The average Bonchev–Trinajstić information content (AvgIpc) is 2.55. The van der Waals surface area contributed by atoms with Crippen molar-refractivity contribution in [3.8, 4) is 0 Å². The van der Waals surface area contributed by atoms with Crippen molar-refractivity contribution in [1.29, 1.82) is 0 Å². The van der Waals surface area contributed by atoms with E-state index in [-0.39, 0.29) is 11.1 Å². The first kappa shape index (κ1) is 17.0. The number of hydrogen-bond donors (Lipinski definition) is 3. The van der Waals surface area contributed by atoms with Crippen LogP contribution in [0.3, 0.4) is 0 Å². The van der Waals surface area contributed by atoms with E-state index < -0.39 is 23.9 Å². The Morgan fingerprint density at radius 2 is 1.75 bits per heavy atom. The van der Waals surface area contributed by atoms with Gasteiger partial charge in [0.15, 0.2) is 6.10 Å². The van der Waals surface area contributed by atoms with E-state index in [4.69, 9.17) is 15.6 Å². The summed E-state index contributed by atoms with van der Waals surface area (Å²) in [4.78, 5) is 34.8. The van der Waals surface area contributed by atoms with Crippen LogP contribution >= 0.6 is 0 Å². The molecule has 2 aromatic rings. The number of benzene rings is 2. The Balaban J connectivity index is 1.96. The molecule has 0 radical (unpaired) electrons. The zero-order chi connectivity index (χ0) is 17.7. The number of amides is 1. The number of anilines is 2. The third kappa shape index (κ3) is 4.33. The molecule has 1 amide bonds. The molecule has 124 valence electrons. The molecule has 7 nitrogen and oxygen atoms in total.